The number of phenolic OH excluding ortho intramolecular Hbond substituents is 1. The molecule has 0 bridgehead atoms. The lowest BCUT2D eigenvalue weighted by Gasteiger charge is -2.23. The van der Waals surface area contributed by atoms with Gasteiger partial charge in [0.25, 0.3) is 0 Å². The fourth-order valence-corrected chi connectivity index (χ4v) is 3.62. The molecule has 1 heterocycles. The van der Waals surface area contributed by atoms with Crippen molar-refractivity contribution in [3.8, 4) is 11.4 Å². The van der Waals surface area contributed by atoms with Crippen LogP contribution in [0.3, 0.4) is 0 Å². The number of aromatic nitrogens is 3. The number of nitrogens with one attached hydrogen (secondary N) is 1. The number of phenols is 1. The summed E-state index contributed by atoms with van der Waals surface area (Å²) in [6.07, 6.45) is 1.51. The maximum atomic E-state index is 12.3. The van der Waals surface area contributed by atoms with Gasteiger partial charge >= 0.3 is 0 Å². The van der Waals surface area contributed by atoms with E-state index in [0.29, 0.717) is 60.8 Å². The number of halogens is 1. The van der Waals surface area contributed by atoms with Crippen molar-refractivity contribution in [1.82, 2.24) is 20.3 Å². The van der Waals surface area contributed by atoms with E-state index >= 15 is 0 Å². The lowest BCUT2D eigenvalue weighted by molar-refractivity contribution is -0.121. The SMILES string of the molecule is CC(C)(C)c1cc(CCC(=O)NCCCOCCO)cc(-n2nc3ccc(Cl)cc3n2)c1O. The fourth-order valence-electron chi connectivity index (χ4n) is 3.46. The lowest BCUT2D eigenvalue weighted by atomic mass is 9.84. The van der Waals surface area contributed by atoms with Gasteiger partial charge in [0.05, 0.1) is 13.2 Å². The van der Waals surface area contributed by atoms with Crippen LogP contribution in [0.4, 0.5) is 0 Å². The number of amides is 1. The topological polar surface area (TPSA) is 110 Å². The van der Waals surface area contributed by atoms with E-state index < -0.39 is 0 Å². The molecule has 0 radical (unpaired) electrons. The molecule has 0 saturated heterocycles. The van der Waals surface area contributed by atoms with E-state index in [-0.39, 0.29) is 23.7 Å². The highest BCUT2D eigenvalue weighted by molar-refractivity contribution is 6.31. The zero-order valence-electron chi connectivity index (χ0n) is 19.3. The van der Waals surface area contributed by atoms with Crippen LogP contribution >= 0.6 is 11.6 Å². The second-order valence-electron chi connectivity index (χ2n) is 8.92. The number of rotatable bonds is 10. The summed E-state index contributed by atoms with van der Waals surface area (Å²) in [5.74, 6) is 0.0617. The zero-order chi connectivity index (χ0) is 24.0. The minimum absolute atomic E-state index is 0.00461. The molecular weight excluding hydrogens is 444 g/mol. The molecule has 0 aliphatic rings. The molecule has 1 aromatic heterocycles. The average Bonchev–Trinajstić information content (AvgIpc) is 3.17. The highest BCUT2D eigenvalue weighted by Crippen LogP contribution is 2.36. The van der Waals surface area contributed by atoms with Crippen LogP contribution in [0.1, 0.15) is 44.7 Å². The third-order valence-corrected chi connectivity index (χ3v) is 5.41. The fraction of sp³-hybridized carbons (Fsp3) is 0.458. The Labute approximate surface area is 198 Å². The number of hydrogen-bond acceptors (Lipinski definition) is 6. The number of carbonyl (C=O) groups is 1. The number of carbonyl (C=O) groups excluding carboxylic acids is 1. The number of hydrogen-bond donors (Lipinski definition) is 3. The zero-order valence-corrected chi connectivity index (χ0v) is 20.0. The Bertz CT molecular complexity index is 1110. The van der Waals surface area contributed by atoms with E-state index in [1.807, 2.05) is 32.9 Å². The van der Waals surface area contributed by atoms with Gasteiger partial charge in [-0.25, -0.2) is 0 Å². The molecule has 3 aromatic rings. The second kappa shape index (κ2) is 11.0. The standard InChI is InChI=1S/C24H31ClN4O4/c1-24(2,3)18-13-16(5-8-22(31)26-9-4-11-33-12-10-30)14-21(23(18)32)29-27-19-7-6-17(25)15-20(19)28-29/h6-7,13-15,30,32H,4-5,8-12H2,1-3H3,(H,26,31). The largest absolute Gasteiger partial charge is 0.505 e. The van der Waals surface area contributed by atoms with E-state index in [2.05, 4.69) is 15.5 Å². The smallest absolute Gasteiger partial charge is 0.220 e. The predicted octanol–water partition coefficient (Wildman–Crippen LogP) is 3.52. The van der Waals surface area contributed by atoms with Gasteiger partial charge in [0.1, 0.15) is 22.5 Å². The summed E-state index contributed by atoms with van der Waals surface area (Å²) in [6, 6.07) is 9.02. The minimum atomic E-state index is -0.318. The van der Waals surface area contributed by atoms with Gasteiger partial charge in [0, 0.05) is 30.2 Å². The van der Waals surface area contributed by atoms with Crippen LogP contribution in [0.5, 0.6) is 5.75 Å². The number of benzene rings is 2. The van der Waals surface area contributed by atoms with Crippen molar-refractivity contribution >= 4 is 28.5 Å². The second-order valence-corrected chi connectivity index (χ2v) is 9.36. The summed E-state index contributed by atoms with van der Waals surface area (Å²) in [4.78, 5) is 13.7. The van der Waals surface area contributed by atoms with Gasteiger partial charge < -0.3 is 20.3 Å². The van der Waals surface area contributed by atoms with Crippen LogP contribution in [0.2, 0.25) is 5.02 Å². The van der Waals surface area contributed by atoms with Crippen LogP contribution in [0.15, 0.2) is 30.3 Å². The molecular formula is C24H31ClN4O4. The third-order valence-electron chi connectivity index (χ3n) is 5.18. The van der Waals surface area contributed by atoms with Crippen molar-refractivity contribution < 1.29 is 19.7 Å². The first-order chi connectivity index (χ1) is 15.7. The molecule has 0 fully saturated rings. The number of aliphatic hydroxyl groups excluding tert-OH is 1. The molecule has 3 N–H and O–H groups in total. The minimum Gasteiger partial charge on any atom is -0.505 e. The van der Waals surface area contributed by atoms with Crippen molar-refractivity contribution in [3.63, 3.8) is 0 Å². The van der Waals surface area contributed by atoms with E-state index in [0.717, 1.165) is 11.1 Å². The highest BCUT2D eigenvalue weighted by Gasteiger charge is 2.23. The Balaban J connectivity index is 1.77. The Morgan fingerprint density at radius 1 is 1.15 bits per heavy atom. The van der Waals surface area contributed by atoms with Gasteiger partial charge in [-0.2, -0.15) is 0 Å². The van der Waals surface area contributed by atoms with Gasteiger partial charge in [-0.15, -0.1) is 15.0 Å². The first-order valence-electron chi connectivity index (χ1n) is 11.0. The molecule has 0 aliphatic heterocycles. The Kier molecular flexibility index (Phi) is 8.29. The molecule has 0 saturated carbocycles. The normalized spacial score (nSPS) is 11.8. The van der Waals surface area contributed by atoms with E-state index in [9.17, 15) is 9.90 Å². The Morgan fingerprint density at radius 3 is 2.64 bits per heavy atom. The van der Waals surface area contributed by atoms with Crippen LogP contribution < -0.4 is 5.32 Å². The first kappa shape index (κ1) is 25.0. The van der Waals surface area contributed by atoms with Gasteiger partial charge in [-0.3, -0.25) is 4.79 Å². The summed E-state index contributed by atoms with van der Waals surface area (Å²) in [5, 5.41) is 32.2. The average molecular weight is 475 g/mol. The molecule has 0 unspecified atom stereocenters. The molecule has 178 valence electrons. The third kappa shape index (κ3) is 6.66. The van der Waals surface area contributed by atoms with Crippen molar-refractivity contribution in [2.45, 2.75) is 45.4 Å². The number of aryl methyl sites for hydroxylation is 1. The van der Waals surface area contributed by atoms with E-state index in [4.69, 9.17) is 21.4 Å². The quantitative estimate of drug-likeness (QED) is 0.388. The van der Waals surface area contributed by atoms with Crippen molar-refractivity contribution in [2.24, 2.45) is 0 Å². The number of aromatic hydroxyl groups is 1. The summed E-state index contributed by atoms with van der Waals surface area (Å²) in [6.45, 7) is 7.38. The highest BCUT2D eigenvalue weighted by atomic mass is 35.5. The van der Waals surface area contributed by atoms with Gasteiger partial charge in [-0.05, 0) is 48.1 Å². The summed E-state index contributed by atoms with van der Waals surface area (Å²) in [5.41, 5.74) is 3.12. The van der Waals surface area contributed by atoms with Gasteiger partial charge in [0.15, 0.2) is 0 Å². The number of fused-ring (bicyclic) bond motifs is 1. The van der Waals surface area contributed by atoms with Gasteiger partial charge in [-0.1, -0.05) is 38.4 Å². The monoisotopic (exact) mass is 474 g/mol. The Morgan fingerprint density at radius 2 is 1.91 bits per heavy atom. The molecule has 1 amide bonds. The summed E-state index contributed by atoms with van der Waals surface area (Å²) < 4.78 is 5.19. The predicted molar refractivity (Wildman–Crippen MR) is 128 cm³/mol. The Hall–Kier alpha value is -2.68. The number of ether oxygens (including phenoxy) is 1. The molecule has 0 aliphatic carbocycles. The van der Waals surface area contributed by atoms with E-state index in [1.54, 1.807) is 18.2 Å². The molecule has 0 atom stereocenters. The molecule has 33 heavy (non-hydrogen) atoms. The van der Waals surface area contributed by atoms with Crippen molar-refractivity contribution in [2.75, 3.05) is 26.4 Å². The summed E-state index contributed by atoms with van der Waals surface area (Å²) in [7, 11) is 0. The van der Waals surface area contributed by atoms with Crippen LogP contribution in [0, 0.1) is 0 Å². The van der Waals surface area contributed by atoms with Gasteiger partial charge in [0.2, 0.25) is 5.91 Å². The molecule has 9 heteroatoms. The maximum absolute atomic E-state index is 12.3. The number of aliphatic hydroxyl groups is 1. The van der Waals surface area contributed by atoms with Crippen LogP contribution in [-0.4, -0.2) is 57.5 Å². The van der Waals surface area contributed by atoms with Crippen molar-refractivity contribution in [3.05, 3.63) is 46.5 Å². The maximum Gasteiger partial charge on any atom is 0.220 e. The lowest BCUT2D eigenvalue weighted by Crippen LogP contribution is -2.25. The first-order valence-corrected chi connectivity index (χ1v) is 11.4. The number of nitrogens with zero attached hydrogens (tertiary/aromatic N) is 3. The van der Waals surface area contributed by atoms with Crippen LogP contribution in [0.25, 0.3) is 16.7 Å². The molecule has 2 aromatic carbocycles. The van der Waals surface area contributed by atoms with Crippen molar-refractivity contribution in [1.29, 1.82) is 0 Å². The molecule has 3 rings (SSSR count). The van der Waals surface area contributed by atoms with Crippen LogP contribution in [-0.2, 0) is 21.4 Å². The van der Waals surface area contributed by atoms with E-state index in [1.165, 1.54) is 4.80 Å². The molecule has 0 spiro atoms. The molecule has 8 nitrogen and oxygen atoms in total. The summed E-state index contributed by atoms with van der Waals surface area (Å²) >= 11 is 6.07.